The van der Waals surface area contributed by atoms with Gasteiger partial charge in [-0.2, -0.15) is 0 Å². The minimum atomic E-state index is -0.176. The van der Waals surface area contributed by atoms with Gasteiger partial charge in [0.1, 0.15) is 0 Å². The van der Waals surface area contributed by atoms with E-state index in [1.165, 1.54) is 18.4 Å². The van der Waals surface area contributed by atoms with Crippen LogP contribution < -0.4 is 5.73 Å². The molecule has 3 nitrogen and oxygen atoms in total. The molecule has 3 heteroatoms. The van der Waals surface area contributed by atoms with E-state index >= 15 is 0 Å². The van der Waals surface area contributed by atoms with Crippen molar-refractivity contribution in [3.05, 3.63) is 47.5 Å². The lowest BCUT2D eigenvalue weighted by molar-refractivity contribution is -0.159. The van der Waals surface area contributed by atoms with Crippen LogP contribution in [0.5, 0.6) is 0 Å². The second-order valence-electron chi connectivity index (χ2n) is 11.5. The van der Waals surface area contributed by atoms with Gasteiger partial charge >= 0.3 is 0 Å². The van der Waals surface area contributed by atoms with Crippen molar-refractivity contribution in [2.24, 2.45) is 28.4 Å². The second-order valence-corrected chi connectivity index (χ2v) is 11.5. The van der Waals surface area contributed by atoms with Gasteiger partial charge in [-0.25, -0.2) is 0 Å². The molecule has 30 heavy (non-hydrogen) atoms. The molecule has 1 aromatic rings. The molecule has 1 aliphatic heterocycles. The molecule has 4 aliphatic carbocycles. The zero-order valence-electron chi connectivity index (χ0n) is 19.0. The molecule has 4 bridgehead atoms. The van der Waals surface area contributed by atoms with Crippen LogP contribution in [-0.4, -0.2) is 29.9 Å². The number of carbonyl (C=O) groups is 1. The van der Waals surface area contributed by atoms with Gasteiger partial charge in [0.05, 0.1) is 5.41 Å². The Morgan fingerprint density at radius 3 is 2.40 bits per heavy atom. The van der Waals surface area contributed by atoms with Crippen LogP contribution in [0.1, 0.15) is 71.3 Å². The highest BCUT2D eigenvalue weighted by Gasteiger charge is 2.63. The van der Waals surface area contributed by atoms with Crippen molar-refractivity contribution in [3.8, 4) is 0 Å². The lowest BCUT2D eigenvalue weighted by atomic mass is 9.41. The number of allylic oxidation sites excluding steroid dienone is 2. The Morgan fingerprint density at radius 2 is 1.80 bits per heavy atom. The van der Waals surface area contributed by atoms with Crippen molar-refractivity contribution in [1.82, 2.24) is 4.90 Å². The molecule has 1 heterocycles. The first-order chi connectivity index (χ1) is 14.3. The Morgan fingerprint density at radius 1 is 1.13 bits per heavy atom. The van der Waals surface area contributed by atoms with Crippen LogP contribution in [0.25, 0.3) is 0 Å². The monoisotopic (exact) mass is 406 g/mol. The summed E-state index contributed by atoms with van der Waals surface area (Å²) in [7, 11) is 0. The highest BCUT2D eigenvalue weighted by atomic mass is 16.2. The van der Waals surface area contributed by atoms with Crippen LogP contribution >= 0.6 is 0 Å². The fourth-order valence-corrected chi connectivity index (χ4v) is 7.77. The lowest BCUT2D eigenvalue weighted by Gasteiger charge is -2.63. The summed E-state index contributed by atoms with van der Waals surface area (Å²) < 4.78 is 0. The van der Waals surface area contributed by atoms with Crippen molar-refractivity contribution < 1.29 is 4.79 Å². The normalized spacial score (nSPS) is 39.3. The number of nitrogens with two attached hydrogens (primary N) is 1. The summed E-state index contributed by atoms with van der Waals surface area (Å²) in [6.45, 7) is 8.34. The number of likely N-dealkylation sites (tertiary alicyclic amines) is 1. The zero-order valence-corrected chi connectivity index (χ0v) is 19.0. The summed E-state index contributed by atoms with van der Waals surface area (Å²) in [6.07, 6.45) is 10.1. The number of hydrogen-bond donors (Lipinski definition) is 1. The SMILES string of the molecule is CCC=C1C2CC3(C(=O)N4CC[C@H](N)C(C)(C)C4)CC1CC(c1ccccc1)(C2)C3. The van der Waals surface area contributed by atoms with E-state index < -0.39 is 0 Å². The average Bonchev–Trinajstić information content (AvgIpc) is 2.72. The van der Waals surface area contributed by atoms with Gasteiger partial charge < -0.3 is 10.6 Å². The van der Waals surface area contributed by atoms with Crippen LogP contribution in [0.4, 0.5) is 0 Å². The third kappa shape index (κ3) is 2.99. The maximum atomic E-state index is 14.1. The van der Waals surface area contributed by atoms with Crippen molar-refractivity contribution >= 4 is 5.91 Å². The fraction of sp³-hybridized carbons (Fsp3) is 0.667. The molecule has 2 unspecified atom stereocenters. The predicted molar refractivity (Wildman–Crippen MR) is 122 cm³/mol. The molecule has 0 radical (unpaired) electrons. The van der Waals surface area contributed by atoms with E-state index in [0.717, 1.165) is 45.2 Å². The number of piperidine rings is 1. The van der Waals surface area contributed by atoms with E-state index in [2.05, 4.69) is 62.1 Å². The highest BCUT2D eigenvalue weighted by molar-refractivity contribution is 5.84. The quantitative estimate of drug-likeness (QED) is 0.714. The van der Waals surface area contributed by atoms with Gasteiger partial charge in [-0.15, -0.1) is 0 Å². The molecule has 5 aliphatic rings. The molecule has 1 amide bonds. The third-order valence-electron chi connectivity index (χ3n) is 9.05. The topological polar surface area (TPSA) is 46.3 Å². The Labute approximate surface area is 182 Å². The van der Waals surface area contributed by atoms with Crippen molar-refractivity contribution in [3.63, 3.8) is 0 Å². The van der Waals surface area contributed by atoms with Gasteiger partial charge in [-0.3, -0.25) is 4.79 Å². The maximum Gasteiger partial charge on any atom is 0.228 e. The number of benzene rings is 1. The summed E-state index contributed by atoms with van der Waals surface area (Å²) >= 11 is 0. The van der Waals surface area contributed by atoms with Gasteiger partial charge in [0.2, 0.25) is 5.91 Å². The van der Waals surface area contributed by atoms with Crippen LogP contribution in [0.3, 0.4) is 0 Å². The molecule has 2 N–H and O–H groups in total. The summed E-state index contributed by atoms with van der Waals surface area (Å²) in [4.78, 5) is 16.3. The number of hydrogen-bond acceptors (Lipinski definition) is 2. The van der Waals surface area contributed by atoms with E-state index in [9.17, 15) is 4.79 Å². The standard InChI is InChI=1S/C27H38N2O/c1-4-8-22-19-13-26(21-9-6-5-7-10-21)14-20(22)16-27(15-19,17-26)24(30)29-12-11-23(28)25(2,3)18-29/h5-10,19-20,23H,4,11-18,28H2,1-3H3/t19?,20?,23-,26?,27?/m0/s1. The van der Waals surface area contributed by atoms with Crippen LogP contribution in [0.15, 0.2) is 42.0 Å². The highest BCUT2D eigenvalue weighted by Crippen LogP contribution is 2.68. The zero-order chi connectivity index (χ0) is 21.1. The van der Waals surface area contributed by atoms with Crippen LogP contribution in [-0.2, 0) is 10.2 Å². The van der Waals surface area contributed by atoms with E-state index in [0.29, 0.717) is 17.7 Å². The first-order valence-corrected chi connectivity index (χ1v) is 12.1. The Balaban J connectivity index is 1.51. The molecule has 5 fully saturated rings. The predicted octanol–water partition coefficient (Wildman–Crippen LogP) is 5.06. The van der Waals surface area contributed by atoms with E-state index in [1.807, 2.05) is 0 Å². The lowest BCUT2D eigenvalue weighted by Crippen LogP contribution is -2.63. The van der Waals surface area contributed by atoms with Crippen molar-refractivity contribution in [2.45, 2.75) is 77.2 Å². The van der Waals surface area contributed by atoms with E-state index in [4.69, 9.17) is 5.73 Å². The first kappa shape index (κ1) is 20.3. The minimum absolute atomic E-state index is 0.000591. The molecule has 0 spiro atoms. The maximum absolute atomic E-state index is 14.1. The second kappa shape index (κ2) is 6.95. The molecule has 3 atom stereocenters. The average molecular weight is 407 g/mol. The molecule has 0 aromatic heterocycles. The molecule has 4 saturated carbocycles. The Hall–Kier alpha value is -1.61. The van der Waals surface area contributed by atoms with E-state index in [1.54, 1.807) is 5.57 Å². The smallest absolute Gasteiger partial charge is 0.228 e. The van der Waals surface area contributed by atoms with Gasteiger partial charge in [-0.1, -0.05) is 62.8 Å². The summed E-state index contributed by atoms with van der Waals surface area (Å²) in [5.74, 6) is 1.60. The Bertz CT molecular complexity index is 837. The summed E-state index contributed by atoms with van der Waals surface area (Å²) in [5, 5.41) is 0. The molecule has 6 rings (SSSR count). The number of rotatable bonds is 3. The molecule has 1 saturated heterocycles. The Kier molecular flexibility index (Phi) is 4.70. The molecular weight excluding hydrogens is 368 g/mol. The summed E-state index contributed by atoms with van der Waals surface area (Å²) in [5.41, 5.74) is 9.52. The molecule has 1 aromatic carbocycles. The number of carbonyl (C=O) groups excluding carboxylic acids is 1. The van der Waals surface area contributed by atoms with Gasteiger partial charge in [0.15, 0.2) is 0 Å². The number of amides is 1. The van der Waals surface area contributed by atoms with Gasteiger partial charge in [0.25, 0.3) is 0 Å². The molecule has 162 valence electrons. The van der Waals surface area contributed by atoms with Crippen LogP contribution in [0.2, 0.25) is 0 Å². The fourth-order valence-electron chi connectivity index (χ4n) is 7.77. The van der Waals surface area contributed by atoms with Gasteiger partial charge in [0, 0.05) is 19.1 Å². The summed E-state index contributed by atoms with van der Waals surface area (Å²) in [6, 6.07) is 11.3. The van der Waals surface area contributed by atoms with Crippen molar-refractivity contribution in [2.75, 3.05) is 13.1 Å². The largest absolute Gasteiger partial charge is 0.342 e. The first-order valence-electron chi connectivity index (χ1n) is 12.1. The van der Waals surface area contributed by atoms with Crippen molar-refractivity contribution in [1.29, 1.82) is 0 Å². The van der Waals surface area contributed by atoms with Crippen LogP contribution in [0, 0.1) is 22.7 Å². The minimum Gasteiger partial charge on any atom is -0.342 e. The third-order valence-corrected chi connectivity index (χ3v) is 9.05. The molecular formula is C27H38N2O. The van der Waals surface area contributed by atoms with E-state index in [-0.39, 0.29) is 22.3 Å². The number of nitrogens with zero attached hydrogens (tertiary/aromatic N) is 1. The van der Waals surface area contributed by atoms with Gasteiger partial charge in [-0.05, 0) is 73.2 Å².